The van der Waals surface area contributed by atoms with Crippen LogP contribution in [0.15, 0.2) is 42.7 Å². The molecule has 1 saturated heterocycles. The van der Waals surface area contributed by atoms with Crippen molar-refractivity contribution in [2.45, 2.75) is 6.10 Å². The minimum atomic E-state index is -0.516. The van der Waals surface area contributed by atoms with E-state index in [9.17, 15) is 9.18 Å². The van der Waals surface area contributed by atoms with Gasteiger partial charge in [0.05, 0.1) is 23.9 Å². The first kappa shape index (κ1) is 14.6. The summed E-state index contributed by atoms with van der Waals surface area (Å²) in [6.07, 6.45) is 2.29. The van der Waals surface area contributed by atoms with Crippen LogP contribution >= 0.6 is 0 Å². The van der Waals surface area contributed by atoms with E-state index in [0.29, 0.717) is 28.9 Å². The van der Waals surface area contributed by atoms with Crippen LogP contribution in [-0.2, 0) is 4.74 Å². The monoisotopic (exact) mass is 327 g/mol. The molecule has 1 aliphatic rings. The number of aromatic nitrogens is 3. The van der Waals surface area contributed by atoms with Crippen molar-refractivity contribution in [2.24, 2.45) is 5.73 Å². The average molecular weight is 327 g/mol. The highest BCUT2D eigenvalue weighted by Gasteiger charge is 2.31. The van der Waals surface area contributed by atoms with Crippen molar-refractivity contribution in [3.8, 4) is 11.1 Å². The zero-order chi connectivity index (χ0) is 16.7. The molecule has 1 atom stereocenters. The predicted molar refractivity (Wildman–Crippen MR) is 85.1 cm³/mol. The van der Waals surface area contributed by atoms with E-state index in [4.69, 9.17) is 10.5 Å². The summed E-state index contributed by atoms with van der Waals surface area (Å²) in [4.78, 5) is 13.2. The lowest BCUT2D eigenvalue weighted by atomic mass is 10.1. The molecule has 3 aromatic rings. The molecule has 1 aliphatic heterocycles. The van der Waals surface area contributed by atoms with Crippen LogP contribution in [0.3, 0.4) is 0 Å². The number of carbonyl (C=O) groups is 1. The number of ether oxygens (including phenoxy) is 1. The van der Waals surface area contributed by atoms with Crippen LogP contribution in [0, 0.1) is 5.82 Å². The van der Waals surface area contributed by atoms with Crippen LogP contribution in [0.25, 0.3) is 16.6 Å². The highest BCUT2D eigenvalue weighted by Crippen LogP contribution is 2.30. The quantitative estimate of drug-likeness (QED) is 0.793. The van der Waals surface area contributed by atoms with Crippen molar-refractivity contribution in [2.75, 3.05) is 18.0 Å². The molecule has 122 valence electrons. The Morgan fingerprint density at radius 3 is 2.92 bits per heavy atom. The molecule has 0 aliphatic carbocycles. The molecule has 1 unspecified atom stereocenters. The summed E-state index contributed by atoms with van der Waals surface area (Å²) in [6, 6.07) is 8.19. The van der Waals surface area contributed by atoms with Gasteiger partial charge in [0.2, 0.25) is 0 Å². The largest absolute Gasteiger partial charge is 0.443 e. The van der Waals surface area contributed by atoms with Gasteiger partial charge in [-0.15, -0.1) is 0 Å². The van der Waals surface area contributed by atoms with Gasteiger partial charge in [0.25, 0.3) is 0 Å². The van der Waals surface area contributed by atoms with Crippen molar-refractivity contribution in [1.29, 1.82) is 0 Å². The van der Waals surface area contributed by atoms with Crippen molar-refractivity contribution < 1.29 is 13.9 Å². The second kappa shape index (κ2) is 5.57. The molecule has 3 heterocycles. The Kier molecular flexibility index (Phi) is 3.39. The van der Waals surface area contributed by atoms with E-state index in [1.807, 2.05) is 6.07 Å². The Morgan fingerprint density at radius 2 is 2.17 bits per heavy atom. The first-order chi connectivity index (χ1) is 11.7. The number of fused-ring (bicyclic) bond motifs is 1. The number of rotatable bonds is 3. The van der Waals surface area contributed by atoms with E-state index in [1.54, 1.807) is 30.6 Å². The molecule has 24 heavy (non-hydrogen) atoms. The Bertz CT molecular complexity index is 926. The minimum absolute atomic E-state index is 0.234. The molecule has 1 fully saturated rings. The highest BCUT2D eigenvalue weighted by atomic mass is 19.1. The van der Waals surface area contributed by atoms with Gasteiger partial charge in [-0.25, -0.2) is 9.18 Å². The van der Waals surface area contributed by atoms with E-state index >= 15 is 0 Å². The predicted octanol–water partition coefficient (Wildman–Crippen LogP) is 1.82. The van der Waals surface area contributed by atoms with E-state index in [1.165, 1.54) is 15.6 Å². The summed E-state index contributed by atoms with van der Waals surface area (Å²) in [5, 5.41) is 8.18. The average Bonchev–Trinajstić information content (AvgIpc) is 3.18. The molecular weight excluding hydrogens is 313 g/mol. The molecule has 2 aromatic heterocycles. The van der Waals surface area contributed by atoms with E-state index in [0.717, 1.165) is 0 Å². The Labute approximate surface area is 136 Å². The van der Waals surface area contributed by atoms with E-state index in [2.05, 4.69) is 10.2 Å². The number of hydrogen-bond acceptors (Lipinski definition) is 5. The standard InChI is InChI=1S/C16H14FN5O2/c17-14-6-10(21-9-11(7-18)24-16(21)23)3-4-12(14)13-8-20-22-15(13)2-1-5-19-22/h1-6,8,11H,7,9,18H2. The van der Waals surface area contributed by atoms with Gasteiger partial charge in [0.15, 0.2) is 0 Å². The molecule has 0 saturated carbocycles. The Morgan fingerprint density at radius 1 is 1.29 bits per heavy atom. The summed E-state index contributed by atoms with van der Waals surface area (Å²) in [5.74, 6) is -0.449. The number of benzene rings is 1. The third-order valence-electron chi connectivity index (χ3n) is 4.00. The van der Waals surface area contributed by atoms with Crippen LogP contribution in [0.2, 0.25) is 0 Å². The van der Waals surface area contributed by atoms with E-state index < -0.39 is 11.9 Å². The minimum Gasteiger partial charge on any atom is -0.443 e. The van der Waals surface area contributed by atoms with Gasteiger partial charge in [0, 0.05) is 23.9 Å². The van der Waals surface area contributed by atoms with Gasteiger partial charge < -0.3 is 10.5 Å². The zero-order valence-corrected chi connectivity index (χ0v) is 12.6. The van der Waals surface area contributed by atoms with Crippen molar-refractivity contribution in [3.05, 3.63) is 48.5 Å². The molecule has 4 rings (SSSR count). The van der Waals surface area contributed by atoms with Gasteiger partial charge in [0.1, 0.15) is 11.9 Å². The summed E-state index contributed by atoms with van der Waals surface area (Å²) < 4.78 is 21.2. The van der Waals surface area contributed by atoms with Gasteiger partial charge in [-0.2, -0.15) is 14.8 Å². The maximum atomic E-state index is 14.6. The van der Waals surface area contributed by atoms with Gasteiger partial charge in [-0.1, -0.05) is 0 Å². The first-order valence-corrected chi connectivity index (χ1v) is 7.44. The number of carbonyl (C=O) groups excluding carboxylic acids is 1. The van der Waals surface area contributed by atoms with E-state index in [-0.39, 0.29) is 12.6 Å². The number of nitrogens with two attached hydrogens (primary N) is 1. The summed E-state index contributed by atoms with van der Waals surface area (Å²) in [7, 11) is 0. The van der Waals surface area contributed by atoms with Crippen LogP contribution < -0.4 is 10.6 Å². The van der Waals surface area contributed by atoms with Gasteiger partial charge in [-0.05, 0) is 30.3 Å². The summed E-state index contributed by atoms with van der Waals surface area (Å²) >= 11 is 0. The molecule has 8 heteroatoms. The van der Waals surface area contributed by atoms with Crippen molar-refractivity contribution in [1.82, 2.24) is 14.8 Å². The number of cyclic esters (lactones) is 1. The molecule has 0 radical (unpaired) electrons. The normalized spacial score (nSPS) is 17.5. The van der Waals surface area contributed by atoms with Gasteiger partial charge in [-0.3, -0.25) is 4.90 Å². The molecular formula is C16H14FN5O2. The molecule has 0 spiro atoms. The first-order valence-electron chi connectivity index (χ1n) is 7.44. The summed E-state index contributed by atoms with van der Waals surface area (Å²) in [5.41, 5.74) is 7.68. The Hall–Kier alpha value is -3.00. The SMILES string of the molecule is NCC1CN(c2ccc(-c3cnn4ncccc34)c(F)c2)C(=O)O1. The Balaban J connectivity index is 1.71. The maximum Gasteiger partial charge on any atom is 0.414 e. The second-order valence-electron chi connectivity index (χ2n) is 5.47. The number of nitrogens with zero attached hydrogens (tertiary/aromatic N) is 4. The van der Waals surface area contributed by atoms with Crippen LogP contribution in [0.1, 0.15) is 0 Å². The highest BCUT2D eigenvalue weighted by molar-refractivity contribution is 5.90. The number of halogens is 1. The lowest BCUT2D eigenvalue weighted by molar-refractivity contribution is 0.145. The van der Waals surface area contributed by atoms with Crippen LogP contribution in [0.4, 0.5) is 14.9 Å². The molecule has 1 amide bonds. The fourth-order valence-corrected chi connectivity index (χ4v) is 2.79. The fourth-order valence-electron chi connectivity index (χ4n) is 2.79. The fraction of sp³-hybridized carbons (Fsp3) is 0.188. The molecule has 1 aromatic carbocycles. The number of hydrogen-bond donors (Lipinski definition) is 1. The maximum absolute atomic E-state index is 14.6. The smallest absolute Gasteiger partial charge is 0.414 e. The number of anilines is 1. The third-order valence-corrected chi connectivity index (χ3v) is 4.00. The molecule has 2 N–H and O–H groups in total. The topological polar surface area (TPSA) is 85.8 Å². The zero-order valence-electron chi connectivity index (χ0n) is 12.6. The van der Waals surface area contributed by atoms with Crippen molar-refractivity contribution in [3.63, 3.8) is 0 Å². The lowest BCUT2D eigenvalue weighted by Gasteiger charge is -2.14. The van der Waals surface area contributed by atoms with Gasteiger partial charge >= 0.3 is 6.09 Å². The van der Waals surface area contributed by atoms with Crippen molar-refractivity contribution >= 4 is 17.3 Å². The second-order valence-corrected chi connectivity index (χ2v) is 5.47. The lowest BCUT2D eigenvalue weighted by Crippen LogP contribution is -2.27. The number of amides is 1. The molecule has 0 bridgehead atoms. The third kappa shape index (κ3) is 2.28. The van der Waals surface area contributed by atoms with Crippen LogP contribution in [0.5, 0.6) is 0 Å². The summed E-state index contributed by atoms with van der Waals surface area (Å²) in [6.45, 7) is 0.549. The van der Waals surface area contributed by atoms with Crippen LogP contribution in [-0.4, -0.2) is 40.1 Å². The molecule has 7 nitrogen and oxygen atoms in total.